The normalized spacial score (nSPS) is 13.7. The molecule has 0 aliphatic heterocycles. The Labute approximate surface area is 51.0 Å². The van der Waals surface area contributed by atoms with Crippen LogP contribution in [0.15, 0.2) is 36.7 Å². The molecule has 0 nitrogen and oxygen atoms in total. The summed E-state index contributed by atoms with van der Waals surface area (Å²) in [6, 6.07) is 0. The molecule has 0 spiro atoms. The molecule has 0 radical (unpaired) electrons. The largest absolute Gasteiger partial charge is 0.212 e. The first-order valence-electron chi connectivity index (χ1n) is 2.16. The maximum atomic E-state index is 11.9. The van der Waals surface area contributed by atoms with Crippen molar-refractivity contribution in [3.05, 3.63) is 36.7 Å². The monoisotopic (exact) mass is 134 g/mol. The third kappa shape index (κ3) is 3.58. The maximum Gasteiger partial charge on any atom is 0.154 e. The molecule has 0 aromatic heterocycles. The lowest BCUT2D eigenvalue weighted by Crippen LogP contribution is -1.65. The van der Waals surface area contributed by atoms with Crippen LogP contribution in [0.25, 0.3) is 0 Å². The van der Waals surface area contributed by atoms with E-state index in [4.69, 9.17) is 0 Å². The quantitative estimate of drug-likeness (QED) is 0.509. The minimum atomic E-state index is -1.26. The smallest absolute Gasteiger partial charge is 0.154 e. The van der Waals surface area contributed by atoms with Crippen LogP contribution in [0.5, 0.6) is 0 Å². The van der Waals surface area contributed by atoms with Crippen molar-refractivity contribution >= 4 is 0 Å². The molecule has 0 unspecified atom stereocenters. The van der Waals surface area contributed by atoms with Gasteiger partial charge in [0.25, 0.3) is 0 Å². The van der Waals surface area contributed by atoms with Crippen LogP contribution in [0, 0.1) is 0 Å². The average molecular weight is 134 g/mol. The molecule has 3 heteroatoms. The Morgan fingerprint density at radius 2 is 1.78 bits per heavy atom. The molecule has 0 N–H and O–H groups in total. The summed E-state index contributed by atoms with van der Waals surface area (Å²) in [7, 11) is 0. The second kappa shape index (κ2) is 3.95. The predicted molar refractivity (Wildman–Crippen MR) is 29.7 cm³/mol. The molecule has 0 saturated carbocycles. The summed E-state index contributed by atoms with van der Waals surface area (Å²) >= 11 is 0. The molecule has 0 aliphatic carbocycles. The van der Waals surface area contributed by atoms with Crippen molar-refractivity contribution in [3.63, 3.8) is 0 Å². The predicted octanol–water partition coefficient (Wildman–Crippen LogP) is 2.81. The Kier molecular flexibility index (Phi) is 3.51. The van der Waals surface area contributed by atoms with Gasteiger partial charge in [-0.05, 0) is 6.08 Å². The van der Waals surface area contributed by atoms with Crippen molar-refractivity contribution in [2.75, 3.05) is 0 Å². The zero-order valence-corrected chi connectivity index (χ0v) is 4.57. The first-order chi connectivity index (χ1) is 4.20. The molecule has 0 fully saturated rings. The topological polar surface area (TPSA) is 0 Å². The molecule has 0 saturated heterocycles. The number of hydrogen-bond acceptors (Lipinski definition) is 0. The van der Waals surface area contributed by atoms with Crippen molar-refractivity contribution in [2.24, 2.45) is 0 Å². The van der Waals surface area contributed by atoms with E-state index >= 15 is 0 Å². The second-order valence-corrected chi connectivity index (χ2v) is 1.23. The highest BCUT2D eigenvalue weighted by Gasteiger charge is 1.89. The summed E-state index contributed by atoms with van der Waals surface area (Å²) < 4.78 is 34.7. The van der Waals surface area contributed by atoms with Gasteiger partial charge in [0.1, 0.15) is 12.2 Å². The van der Waals surface area contributed by atoms with Gasteiger partial charge in [0.2, 0.25) is 0 Å². The van der Waals surface area contributed by atoms with Crippen LogP contribution < -0.4 is 0 Å². The van der Waals surface area contributed by atoms with Gasteiger partial charge < -0.3 is 0 Å². The summed E-state index contributed by atoms with van der Waals surface area (Å²) in [5.74, 6) is -2.16. The summed E-state index contributed by atoms with van der Waals surface area (Å²) in [5.41, 5.74) is 0. The van der Waals surface area contributed by atoms with Gasteiger partial charge in [-0.1, -0.05) is 6.58 Å². The SMILES string of the molecule is C=C/C(F)=C\C(F)=C\F. The van der Waals surface area contributed by atoms with Gasteiger partial charge in [0, 0.05) is 6.08 Å². The van der Waals surface area contributed by atoms with Gasteiger partial charge in [-0.25, -0.2) is 13.2 Å². The van der Waals surface area contributed by atoms with Gasteiger partial charge in [0.05, 0.1) is 0 Å². The van der Waals surface area contributed by atoms with Gasteiger partial charge >= 0.3 is 0 Å². The van der Waals surface area contributed by atoms with E-state index in [1.807, 2.05) is 0 Å². The van der Waals surface area contributed by atoms with Crippen molar-refractivity contribution < 1.29 is 13.2 Å². The standard InChI is InChI=1S/C6H5F3/c1-2-5(8)3-6(9)4-7/h2-4H,1H2/b5-3+,6-4-. The first kappa shape index (κ1) is 8.01. The van der Waals surface area contributed by atoms with Crippen LogP contribution in [-0.2, 0) is 0 Å². The molecule has 0 aliphatic rings. The van der Waals surface area contributed by atoms with E-state index in [0.717, 1.165) is 6.08 Å². The summed E-state index contributed by atoms with van der Waals surface area (Å²) in [4.78, 5) is 0. The first-order valence-corrected chi connectivity index (χ1v) is 2.16. The molecular formula is C6H5F3. The minimum absolute atomic E-state index is 0.330. The van der Waals surface area contributed by atoms with Gasteiger partial charge in [0.15, 0.2) is 5.83 Å². The van der Waals surface area contributed by atoms with Gasteiger partial charge in [-0.15, -0.1) is 0 Å². The zero-order valence-electron chi connectivity index (χ0n) is 4.57. The fourth-order valence-electron chi connectivity index (χ4n) is 0.222. The molecule has 0 amide bonds. The number of halogens is 3. The van der Waals surface area contributed by atoms with Crippen LogP contribution in [0.1, 0.15) is 0 Å². The highest BCUT2D eigenvalue weighted by Crippen LogP contribution is 2.05. The van der Waals surface area contributed by atoms with E-state index in [2.05, 4.69) is 6.58 Å². The van der Waals surface area contributed by atoms with Crippen LogP contribution >= 0.6 is 0 Å². The maximum absolute atomic E-state index is 11.9. The van der Waals surface area contributed by atoms with E-state index in [9.17, 15) is 13.2 Å². The second-order valence-electron chi connectivity index (χ2n) is 1.23. The van der Waals surface area contributed by atoms with E-state index in [0.29, 0.717) is 6.08 Å². The minimum Gasteiger partial charge on any atom is -0.212 e. The number of hydrogen-bond donors (Lipinski definition) is 0. The number of allylic oxidation sites excluding steroid dienone is 4. The Morgan fingerprint density at radius 3 is 2.11 bits per heavy atom. The molecule has 50 valence electrons. The van der Waals surface area contributed by atoms with Crippen molar-refractivity contribution in [1.29, 1.82) is 0 Å². The van der Waals surface area contributed by atoms with Gasteiger partial charge in [-0.3, -0.25) is 0 Å². The molecule has 0 aromatic rings. The fraction of sp³-hybridized carbons (Fsp3) is 0. The molecule has 0 aromatic carbocycles. The third-order valence-corrected chi connectivity index (χ3v) is 0.575. The Balaban J connectivity index is 4.11. The molecule has 9 heavy (non-hydrogen) atoms. The Bertz CT molecular complexity index is 156. The highest BCUT2D eigenvalue weighted by molar-refractivity contribution is 5.18. The summed E-state index contributed by atoms with van der Waals surface area (Å²) in [6.07, 6.45) is 0.846. The number of rotatable bonds is 2. The Hall–Kier alpha value is -0.990. The fourth-order valence-corrected chi connectivity index (χ4v) is 0.222. The summed E-state index contributed by atoms with van der Waals surface area (Å²) in [5, 5.41) is 0. The van der Waals surface area contributed by atoms with Crippen molar-refractivity contribution in [3.8, 4) is 0 Å². The van der Waals surface area contributed by atoms with E-state index < -0.39 is 11.7 Å². The molecule has 0 bridgehead atoms. The molecule has 0 rings (SSSR count). The molecular weight excluding hydrogens is 129 g/mol. The van der Waals surface area contributed by atoms with Crippen LogP contribution in [0.4, 0.5) is 13.2 Å². The van der Waals surface area contributed by atoms with Crippen molar-refractivity contribution in [2.45, 2.75) is 0 Å². The molecule has 0 atom stereocenters. The van der Waals surface area contributed by atoms with Crippen LogP contribution in [-0.4, -0.2) is 0 Å². The third-order valence-electron chi connectivity index (χ3n) is 0.575. The molecule has 0 heterocycles. The average Bonchev–Trinajstić information content (AvgIpc) is 1.87. The van der Waals surface area contributed by atoms with Crippen molar-refractivity contribution in [1.82, 2.24) is 0 Å². The zero-order chi connectivity index (χ0) is 7.28. The van der Waals surface area contributed by atoms with Gasteiger partial charge in [-0.2, -0.15) is 0 Å². The summed E-state index contributed by atoms with van der Waals surface area (Å²) in [6.45, 7) is 2.99. The van der Waals surface area contributed by atoms with Crippen LogP contribution in [0.2, 0.25) is 0 Å². The lowest BCUT2D eigenvalue weighted by atomic mass is 10.4. The lowest BCUT2D eigenvalue weighted by molar-refractivity contribution is 0.593. The Morgan fingerprint density at radius 1 is 1.22 bits per heavy atom. The van der Waals surface area contributed by atoms with Crippen LogP contribution in [0.3, 0.4) is 0 Å². The lowest BCUT2D eigenvalue weighted by Gasteiger charge is -1.81. The van der Waals surface area contributed by atoms with E-state index in [-0.39, 0.29) is 6.33 Å². The van der Waals surface area contributed by atoms with E-state index in [1.165, 1.54) is 0 Å². The van der Waals surface area contributed by atoms with E-state index in [1.54, 1.807) is 0 Å². The highest BCUT2D eigenvalue weighted by atomic mass is 19.2.